The molecule has 3 aliphatic heterocycles. The Kier molecular flexibility index (Phi) is 6.59. The first-order chi connectivity index (χ1) is 21.2. The van der Waals surface area contributed by atoms with Crippen LogP contribution in [0.25, 0.3) is 32.9 Å². The molecule has 1 aliphatic carbocycles. The molecule has 8 rings (SSSR count). The van der Waals surface area contributed by atoms with E-state index >= 15 is 4.39 Å². The topological polar surface area (TPSA) is 94.8 Å². The van der Waals surface area contributed by atoms with E-state index in [2.05, 4.69) is 19.8 Å². The largest absolute Gasteiger partial charge is 0.508 e. The second-order valence-corrected chi connectivity index (χ2v) is 13.2. The first kappa shape index (κ1) is 28.1. The Bertz CT molecular complexity index is 1810. The van der Waals surface area contributed by atoms with Crippen LogP contribution in [0.5, 0.6) is 11.8 Å². The molecule has 12 heteroatoms. The van der Waals surface area contributed by atoms with E-state index in [9.17, 15) is 19.0 Å². The number of aliphatic hydroxyl groups excluding tert-OH is 1. The normalized spacial score (nSPS) is 28.3. The molecule has 0 spiro atoms. The lowest BCUT2D eigenvalue weighted by atomic mass is 9.88. The molecule has 2 aromatic carbocycles. The Morgan fingerprint density at radius 2 is 1.98 bits per heavy atom. The number of ether oxygens (including phenoxy) is 1. The van der Waals surface area contributed by atoms with Crippen molar-refractivity contribution in [2.24, 2.45) is 5.92 Å². The number of aromatic nitrogens is 3. The Morgan fingerprint density at radius 1 is 1.11 bits per heavy atom. The average Bonchev–Trinajstić information content (AvgIpc) is 3.62. The maximum Gasteiger partial charge on any atom is 0.319 e. The SMILES string of the molecule is Oc1cc(-c2ncc3c(N4CC5CC(O)CC4C5)nc(OC[C@@]45CCCN4C[C@H](F)C5)nc3c2F)c2c(Cl)c(F)ccc2c1. The fourth-order valence-electron chi connectivity index (χ4n) is 8.17. The summed E-state index contributed by atoms with van der Waals surface area (Å²) in [4.78, 5) is 18.0. The number of rotatable bonds is 5. The van der Waals surface area contributed by atoms with Crippen molar-refractivity contribution in [3.63, 3.8) is 0 Å². The maximum absolute atomic E-state index is 16.7. The van der Waals surface area contributed by atoms with E-state index < -0.39 is 29.4 Å². The fraction of sp³-hybridized carbons (Fsp3) is 0.469. The summed E-state index contributed by atoms with van der Waals surface area (Å²) in [5.74, 6) is -0.898. The van der Waals surface area contributed by atoms with Crippen LogP contribution in [0.3, 0.4) is 0 Å². The van der Waals surface area contributed by atoms with Gasteiger partial charge < -0.3 is 19.8 Å². The number of halogens is 4. The molecule has 44 heavy (non-hydrogen) atoms. The zero-order valence-corrected chi connectivity index (χ0v) is 24.6. The van der Waals surface area contributed by atoms with Crippen LogP contribution in [0.1, 0.15) is 38.5 Å². The van der Waals surface area contributed by atoms with E-state index in [0.717, 1.165) is 25.8 Å². The Morgan fingerprint density at radius 3 is 2.84 bits per heavy atom. The highest BCUT2D eigenvalue weighted by Crippen LogP contribution is 2.44. The molecular formula is C32H31ClF3N5O3. The zero-order chi connectivity index (χ0) is 30.3. The molecule has 8 nitrogen and oxygen atoms in total. The van der Waals surface area contributed by atoms with Crippen molar-refractivity contribution < 1.29 is 28.1 Å². The minimum Gasteiger partial charge on any atom is -0.508 e. The molecule has 4 aliphatic rings. The lowest BCUT2D eigenvalue weighted by molar-refractivity contribution is 0.107. The molecule has 2 aromatic heterocycles. The Labute approximate surface area is 256 Å². The summed E-state index contributed by atoms with van der Waals surface area (Å²) in [5, 5.41) is 21.7. The smallest absolute Gasteiger partial charge is 0.319 e. The minimum absolute atomic E-state index is 0.0141. The number of benzene rings is 2. The number of phenols is 1. The molecule has 4 fully saturated rings. The van der Waals surface area contributed by atoms with E-state index in [-0.39, 0.29) is 57.5 Å². The summed E-state index contributed by atoms with van der Waals surface area (Å²) < 4.78 is 51.9. The zero-order valence-electron chi connectivity index (χ0n) is 23.8. The molecule has 3 unspecified atom stereocenters. The molecule has 4 aromatic rings. The van der Waals surface area contributed by atoms with E-state index in [4.69, 9.17) is 21.3 Å². The second-order valence-electron chi connectivity index (χ2n) is 12.9. The number of phenolic OH excluding ortho intramolecular Hbond substituents is 1. The Balaban J connectivity index is 1.27. The average molecular weight is 626 g/mol. The molecule has 2 N–H and O–H groups in total. The van der Waals surface area contributed by atoms with Crippen LogP contribution in [0.15, 0.2) is 30.5 Å². The standard InChI is InChI=1S/C32H31ClF3N5O3/c33-26-24(35)3-2-17-8-21(43)10-22(25(17)26)28-27(36)29-23(12-37-28)30(41-13-16-6-19(41)9-20(42)7-16)39-31(38-29)44-15-32-4-1-5-40(32)14-18(34)11-32/h2-3,8,10,12,16,18-20,42-43H,1,4-7,9,11,13-15H2/t16?,18-,19?,20?,32+/m1/s1. The Hall–Kier alpha value is -3.41. The first-order valence-corrected chi connectivity index (χ1v) is 15.5. The van der Waals surface area contributed by atoms with Gasteiger partial charge in [-0.1, -0.05) is 17.7 Å². The molecule has 1 saturated carbocycles. The van der Waals surface area contributed by atoms with E-state index in [1.54, 1.807) is 0 Å². The number of nitrogens with zero attached hydrogens (tertiary/aromatic N) is 5. The second kappa shape index (κ2) is 10.3. The summed E-state index contributed by atoms with van der Waals surface area (Å²) in [6, 6.07) is 5.36. The van der Waals surface area contributed by atoms with Gasteiger partial charge in [0.2, 0.25) is 0 Å². The molecule has 5 heterocycles. The van der Waals surface area contributed by atoms with Crippen molar-refractivity contribution in [2.45, 2.75) is 62.4 Å². The van der Waals surface area contributed by atoms with Crippen molar-refractivity contribution in [1.82, 2.24) is 19.9 Å². The van der Waals surface area contributed by atoms with Gasteiger partial charge >= 0.3 is 6.01 Å². The van der Waals surface area contributed by atoms with Gasteiger partial charge in [-0.3, -0.25) is 9.88 Å². The van der Waals surface area contributed by atoms with Crippen LogP contribution in [-0.4, -0.2) is 80.2 Å². The van der Waals surface area contributed by atoms with Crippen molar-refractivity contribution in [3.05, 3.63) is 47.1 Å². The van der Waals surface area contributed by atoms with Crippen LogP contribution in [0.2, 0.25) is 5.02 Å². The quantitative estimate of drug-likeness (QED) is 0.288. The van der Waals surface area contributed by atoms with Crippen molar-refractivity contribution in [2.75, 3.05) is 31.1 Å². The summed E-state index contributed by atoms with van der Waals surface area (Å²) in [7, 11) is 0. The number of anilines is 1. The molecule has 0 amide bonds. The van der Waals surface area contributed by atoms with Crippen LogP contribution >= 0.6 is 11.6 Å². The molecule has 230 valence electrons. The molecule has 3 saturated heterocycles. The van der Waals surface area contributed by atoms with Crippen LogP contribution in [-0.2, 0) is 0 Å². The van der Waals surface area contributed by atoms with Gasteiger partial charge in [-0.2, -0.15) is 9.97 Å². The summed E-state index contributed by atoms with van der Waals surface area (Å²) in [6.45, 7) is 1.99. The highest BCUT2D eigenvalue weighted by Gasteiger charge is 2.49. The van der Waals surface area contributed by atoms with Crippen LogP contribution in [0.4, 0.5) is 19.0 Å². The number of pyridine rings is 1. The predicted molar refractivity (Wildman–Crippen MR) is 160 cm³/mol. The van der Waals surface area contributed by atoms with Gasteiger partial charge in [0.05, 0.1) is 22.1 Å². The molecular weight excluding hydrogens is 595 g/mol. The van der Waals surface area contributed by atoms with E-state index in [0.29, 0.717) is 48.9 Å². The van der Waals surface area contributed by atoms with Gasteiger partial charge in [0.25, 0.3) is 0 Å². The molecule has 2 bridgehead atoms. The van der Waals surface area contributed by atoms with Crippen molar-refractivity contribution in [3.8, 4) is 23.0 Å². The highest BCUT2D eigenvalue weighted by molar-refractivity contribution is 6.37. The van der Waals surface area contributed by atoms with Crippen molar-refractivity contribution >= 4 is 39.1 Å². The van der Waals surface area contributed by atoms with Gasteiger partial charge in [-0.05, 0) is 68.2 Å². The third kappa shape index (κ3) is 4.46. The monoisotopic (exact) mass is 625 g/mol. The summed E-state index contributed by atoms with van der Waals surface area (Å²) >= 11 is 6.35. The third-order valence-electron chi connectivity index (χ3n) is 10.0. The fourth-order valence-corrected chi connectivity index (χ4v) is 8.44. The lowest BCUT2D eigenvalue weighted by Gasteiger charge is -2.31. The van der Waals surface area contributed by atoms with Crippen LogP contribution < -0.4 is 9.64 Å². The number of aliphatic hydroxyl groups is 1. The summed E-state index contributed by atoms with van der Waals surface area (Å²) in [5.41, 5.74) is -0.535. The lowest BCUT2D eigenvalue weighted by Crippen LogP contribution is -2.43. The van der Waals surface area contributed by atoms with Gasteiger partial charge in [-0.15, -0.1) is 0 Å². The minimum atomic E-state index is -0.929. The van der Waals surface area contributed by atoms with E-state index in [1.165, 1.54) is 30.5 Å². The highest BCUT2D eigenvalue weighted by atomic mass is 35.5. The number of fused-ring (bicyclic) bond motifs is 5. The number of hydrogen-bond acceptors (Lipinski definition) is 8. The number of alkyl halides is 1. The third-order valence-corrected chi connectivity index (χ3v) is 10.4. The molecule has 0 radical (unpaired) electrons. The molecule has 5 atom stereocenters. The van der Waals surface area contributed by atoms with Gasteiger partial charge in [0.1, 0.15) is 41.4 Å². The van der Waals surface area contributed by atoms with Crippen molar-refractivity contribution in [1.29, 1.82) is 0 Å². The van der Waals surface area contributed by atoms with Gasteiger partial charge in [0.15, 0.2) is 5.82 Å². The number of hydrogen-bond donors (Lipinski definition) is 2. The first-order valence-electron chi connectivity index (χ1n) is 15.1. The number of aromatic hydroxyl groups is 1. The van der Waals surface area contributed by atoms with E-state index in [1.807, 2.05) is 0 Å². The van der Waals surface area contributed by atoms with Crippen LogP contribution in [0, 0.1) is 17.6 Å². The summed E-state index contributed by atoms with van der Waals surface area (Å²) in [6.07, 6.45) is 4.41. The van der Waals surface area contributed by atoms with Gasteiger partial charge in [0, 0.05) is 42.7 Å². The maximum atomic E-state index is 16.7. The predicted octanol–water partition coefficient (Wildman–Crippen LogP) is 5.79. The van der Waals surface area contributed by atoms with Gasteiger partial charge in [-0.25, -0.2) is 13.2 Å².